The maximum absolute atomic E-state index is 5.93. The van der Waals surface area contributed by atoms with Gasteiger partial charge in [-0.15, -0.1) is 0 Å². The first kappa shape index (κ1) is 14.9. The fourth-order valence-corrected chi connectivity index (χ4v) is 1.63. The van der Waals surface area contributed by atoms with Crippen molar-refractivity contribution in [1.29, 1.82) is 0 Å². The van der Waals surface area contributed by atoms with Crippen molar-refractivity contribution in [1.82, 2.24) is 5.32 Å². The van der Waals surface area contributed by atoms with Gasteiger partial charge in [0, 0.05) is 0 Å². The van der Waals surface area contributed by atoms with Gasteiger partial charge in [-0.2, -0.15) is 0 Å². The summed E-state index contributed by atoms with van der Waals surface area (Å²) < 4.78 is 0. The molecule has 0 amide bonds. The second kappa shape index (κ2) is 12.0. The topological polar surface area (TPSA) is 64.1 Å². The number of nitrogens with two attached hydrogens (primary N) is 2. The van der Waals surface area contributed by atoms with Gasteiger partial charge < -0.3 is 16.8 Å². The molecule has 15 heavy (non-hydrogen) atoms. The highest BCUT2D eigenvalue weighted by Crippen LogP contribution is 2.01. The van der Waals surface area contributed by atoms with Crippen LogP contribution in [0.1, 0.15) is 58.3 Å². The Kier molecular flexibility index (Phi) is 11.9. The van der Waals surface area contributed by atoms with Crippen LogP contribution in [0.3, 0.4) is 0 Å². The quantitative estimate of drug-likeness (QED) is 0.365. The van der Waals surface area contributed by atoms with Gasteiger partial charge in [0.15, 0.2) is 0 Å². The number of rotatable bonds is 11. The predicted octanol–water partition coefficient (Wildman–Crippen LogP) is 1.96. The van der Waals surface area contributed by atoms with E-state index in [1.165, 1.54) is 38.5 Å². The summed E-state index contributed by atoms with van der Waals surface area (Å²) in [6.45, 7) is 4.11. The van der Waals surface area contributed by atoms with Crippen molar-refractivity contribution < 1.29 is 0 Å². The third-order valence-corrected chi connectivity index (χ3v) is 2.66. The van der Waals surface area contributed by atoms with Crippen LogP contribution in [-0.4, -0.2) is 19.3 Å². The summed E-state index contributed by atoms with van der Waals surface area (Å²) in [6, 6.07) is 0. The van der Waals surface area contributed by atoms with Gasteiger partial charge in [0.1, 0.15) is 0 Å². The smallest absolute Gasteiger partial charge is 0.0546 e. The number of nitrogens with one attached hydrogen (secondary N) is 1. The first-order chi connectivity index (χ1) is 7.31. The standard InChI is InChI=1S/C12H29N3/c1-2-3-4-8-11-15-12(14)9-6-5-7-10-13/h12,15H,2-11,13-14H2,1H3. The second-order valence-electron chi connectivity index (χ2n) is 4.26. The summed E-state index contributed by atoms with van der Waals surface area (Å²) in [4.78, 5) is 0. The normalized spacial score (nSPS) is 13.0. The van der Waals surface area contributed by atoms with Crippen LogP contribution in [-0.2, 0) is 0 Å². The van der Waals surface area contributed by atoms with Crippen LogP contribution in [0, 0.1) is 0 Å². The molecular formula is C12H29N3. The highest BCUT2D eigenvalue weighted by molar-refractivity contribution is 4.59. The Hall–Kier alpha value is -0.120. The minimum absolute atomic E-state index is 0.185. The molecule has 0 aromatic rings. The van der Waals surface area contributed by atoms with Crippen LogP contribution in [0.2, 0.25) is 0 Å². The van der Waals surface area contributed by atoms with Crippen molar-refractivity contribution in [2.24, 2.45) is 11.5 Å². The summed E-state index contributed by atoms with van der Waals surface area (Å²) in [5.74, 6) is 0. The van der Waals surface area contributed by atoms with Gasteiger partial charge in [-0.3, -0.25) is 0 Å². The van der Waals surface area contributed by atoms with E-state index in [1.807, 2.05) is 0 Å². The summed E-state index contributed by atoms with van der Waals surface area (Å²) in [7, 11) is 0. The van der Waals surface area contributed by atoms with Crippen LogP contribution in [0.5, 0.6) is 0 Å². The summed E-state index contributed by atoms with van der Waals surface area (Å²) in [6.07, 6.45) is 10.0. The van der Waals surface area contributed by atoms with E-state index in [2.05, 4.69) is 12.2 Å². The fraction of sp³-hybridized carbons (Fsp3) is 1.00. The van der Waals surface area contributed by atoms with E-state index in [0.717, 1.165) is 25.9 Å². The Bertz CT molecular complexity index is 117. The average Bonchev–Trinajstić information content (AvgIpc) is 2.24. The molecule has 0 rings (SSSR count). The SMILES string of the molecule is CCCCCCNC(N)CCCCCN. The molecule has 5 N–H and O–H groups in total. The Morgan fingerprint density at radius 2 is 1.73 bits per heavy atom. The zero-order chi connectivity index (χ0) is 11.4. The molecule has 0 heterocycles. The predicted molar refractivity (Wildman–Crippen MR) is 67.6 cm³/mol. The van der Waals surface area contributed by atoms with Gasteiger partial charge in [-0.05, 0) is 32.4 Å². The highest BCUT2D eigenvalue weighted by Gasteiger charge is 2.00. The van der Waals surface area contributed by atoms with Crippen molar-refractivity contribution in [2.75, 3.05) is 13.1 Å². The first-order valence-corrected chi connectivity index (χ1v) is 6.50. The molecule has 1 atom stereocenters. The average molecular weight is 215 g/mol. The van der Waals surface area contributed by atoms with Crippen LogP contribution < -0.4 is 16.8 Å². The van der Waals surface area contributed by atoms with Gasteiger partial charge in [-0.25, -0.2) is 0 Å². The molecule has 0 bridgehead atoms. The van der Waals surface area contributed by atoms with Crippen molar-refractivity contribution in [3.63, 3.8) is 0 Å². The molecule has 1 unspecified atom stereocenters. The van der Waals surface area contributed by atoms with E-state index in [9.17, 15) is 0 Å². The maximum Gasteiger partial charge on any atom is 0.0546 e. The number of hydrogen-bond acceptors (Lipinski definition) is 3. The third-order valence-electron chi connectivity index (χ3n) is 2.66. The monoisotopic (exact) mass is 215 g/mol. The lowest BCUT2D eigenvalue weighted by molar-refractivity contribution is 0.458. The zero-order valence-corrected chi connectivity index (χ0v) is 10.3. The molecule has 3 nitrogen and oxygen atoms in total. The van der Waals surface area contributed by atoms with Crippen molar-refractivity contribution >= 4 is 0 Å². The van der Waals surface area contributed by atoms with Crippen LogP contribution in [0.15, 0.2) is 0 Å². The highest BCUT2D eigenvalue weighted by atomic mass is 15.0. The van der Waals surface area contributed by atoms with Crippen LogP contribution in [0.4, 0.5) is 0 Å². The van der Waals surface area contributed by atoms with Gasteiger partial charge in [0.25, 0.3) is 0 Å². The van der Waals surface area contributed by atoms with Gasteiger partial charge >= 0.3 is 0 Å². The Morgan fingerprint density at radius 1 is 1.00 bits per heavy atom. The van der Waals surface area contributed by atoms with E-state index in [4.69, 9.17) is 11.5 Å². The largest absolute Gasteiger partial charge is 0.330 e. The molecule has 0 aromatic carbocycles. The molecule has 0 fully saturated rings. The van der Waals surface area contributed by atoms with Crippen molar-refractivity contribution in [3.8, 4) is 0 Å². The number of hydrogen-bond donors (Lipinski definition) is 3. The fourth-order valence-electron chi connectivity index (χ4n) is 1.63. The lowest BCUT2D eigenvalue weighted by atomic mass is 10.1. The van der Waals surface area contributed by atoms with E-state index in [-0.39, 0.29) is 6.17 Å². The van der Waals surface area contributed by atoms with Gasteiger partial charge in [-0.1, -0.05) is 39.0 Å². The Labute approximate surface area is 95.0 Å². The van der Waals surface area contributed by atoms with E-state index in [0.29, 0.717) is 0 Å². The van der Waals surface area contributed by atoms with E-state index < -0.39 is 0 Å². The summed E-state index contributed by atoms with van der Waals surface area (Å²) in [5, 5.41) is 3.36. The molecule has 0 aromatic heterocycles. The minimum atomic E-state index is 0.185. The third kappa shape index (κ3) is 11.8. The molecule has 0 aliphatic heterocycles. The second-order valence-corrected chi connectivity index (χ2v) is 4.26. The number of unbranched alkanes of at least 4 members (excludes halogenated alkanes) is 5. The molecule has 3 heteroatoms. The van der Waals surface area contributed by atoms with Crippen molar-refractivity contribution in [3.05, 3.63) is 0 Å². The Morgan fingerprint density at radius 3 is 2.40 bits per heavy atom. The van der Waals surface area contributed by atoms with Crippen LogP contribution in [0.25, 0.3) is 0 Å². The zero-order valence-electron chi connectivity index (χ0n) is 10.3. The minimum Gasteiger partial charge on any atom is -0.330 e. The van der Waals surface area contributed by atoms with Gasteiger partial charge in [0.05, 0.1) is 6.17 Å². The molecule has 0 radical (unpaired) electrons. The molecule has 0 spiro atoms. The summed E-state index contributed by atoms with van der Waals surface area (Å²) >= 11 is 0. The maximum atomic E-state index is 5.93. The Balaban J connectivity index is 3.08. The molecule has 0 saturated carbocycles. The summed E-state index contributed by atoms with van der Waals surface area (Å²) in [5.41, 5.74) is 11.4. The first-order valence-electron chi connectivity index (χ1n) is 6.50. The molecule has 92 valence electrons. The van der Waals surface area contributed by atoms with Crippen molar-refractivity contribution in [2.45, 2.75) is 64.5 Å². The molecule has 0 aliphatic rings. The lowest BCUT2D eigenvalue weighted by Crippen LogP contribution is -2.37. The van der Waals surface area contributed by atoms with E-state index >= 15 is 0 Å². The molecule has 0 aliphatic carbocycles. The van der Waals surface area contributed by atoms with Crippen LogP contribution >= 0.6 is 0 Å². The lowest BCUT2D eigenvalue weighted by Gasteiger charge is -2.13. The van der Waals surface area contributed by atoms with Gasteiger partial charge in [0.2, 0.25) is 0 Å². The van der Waals surface area contributed by atoms with E-state index in [1.54, 1.807) is 0 Å². The molecule has 0 saturated heterocycles. The molecular weight excluding hydrogens is 186 g/mol.